The molecule has 1 aliphatic rings. The molecule has 1 N–H and O–H groups in total. The van der Waals surface area contributed by atoms with E-state index in [0.29, 0.717) is 17.7 Å². The lowest BCUT2D eigenvalue weighted by Crippen LogP contribution is -2.37. The van der Waals surface area contributed by atoms with E-state index in [1.807, 2.05) is 41.9 Å². The van der Waals surface area contributed by atoms with Gasteiger partial charge in [-0.15, -0.1) is 0 Å². The Balaban J connectivity index is 1.55. The molecule has 1 aromatic heterocycles. The van der Waals surface area contributed by atoms with Crippen LogP contribution in [-0.2, 0) is 22.5 Å². The zero-order valence-electron chi connectivity index (χ0n) is 13.7. The minimum Gasteiger partial charge on any atom is -0.448 e. The first-order valence-electron chi connectivity index (χ1n) is 8.21. The van der Waals surface area contributed by atoms with Crippen LogP contribution in [-0.4, -0.2) is 27.8 Å². The number of benzene rings is 2. The van der Waals surface area contributed by atoms with Crippen molar-refractivity contribution in [3.8, 4) is 0 Å². The Morgan fingerprint density at radius 2 is 2.16 bits per heavy atom. The minimum atomic E-state index is -0.825. The molecule has 0 spiro atoms. The van der Waals surface area contributed by atoms with Gasteiger partial charge in [-0.05, 0) is 36.8 Å². The van der Waals surface area contributed by atoms with E-state index in [2.05, 4.69) is 10.4 Å². The molecule has 3 aromatic rings. The van der Waals surface area contributed by atoms with Crippen molar-refractivity contribution in [1.29, 1.82) is 0 Å². The number of ether oxygens (including phenoxy) is 1. The lowest BCUT2D eigenvalue weighted by atomic mass is 9.98. The Kier molecular flexibility index (Phi) is 3.72. The van der Waals surface area contributed by atoms with E-state index in [9.17, 15) is 9.59 Å². The van der Waals surface area contributed by atoms with Crippen molar-refractivity contribution in [3.05, 3.63) is 59.8 Å². The van der Waals surface area contributed by atoms with Gasteiger partial charge in [0.25, 0.3) is 5.91 Å². The van der Waals surface area contributed by atoms with Crippen molar-refractivity contribution in [2.24, 2.45) is 0 Å². The van der Waals surface area contributed by atoms with Crippen LogP contribution in [0, 0.1) is 0 Å². The number of nitrogens with one attached hydrogen (secondary N) is 1. The Hall–Kier alpha value is -3.15. The molecule has 6 heteroatoms. The highest BCUT2D eigenvalue weighted by Gasteiger charge is 2.31. The fraction of sp³-hybridized carbons (Fsp3) is 0.211. The number of amides is 1. The van der Waals surface area contributed by atoms with Crippen molar-refractivity contribution in [2.45, 2.75) is 26.0 Å². The fourth-order valence-electron chi connectivity index (χ4n) is 3.10. The van der Waals surface area contributed by atoms with Crippen molar-refractivity contribution >= 4 is 28.5 Å². The van der Waals surface area contributed by atoms with E-state index in [1.165, 1.54) is 0 Å². The van der Waals surface area contributed by atoms with E-state index in [0.717, 1.165) is 23.0 Å². The number of anilines is 1. The molecule has 0 radical (unpaired) electrons. The van der Waals surface area contributed by atoms with Gasteiger partial charge in [0.2, 0.25) is 0 Å². The van der Waals surface area contributed by atoms with Gasteiger partial charge in [-0.3, -0.25) is 9.48 Å². The molecule has 2 aromatic carbocycles. The standard InChI is InChI=1S/C19H17N3O3/c1-2-22-16-10-14(8-7-13(16)11-20-22)21-18(23)17-9-12-5-3-4-6-15(12)19(24)25-17/h3-8,10-11,17H,2,9H2,1H3,(H,21,23). The molecule has 1 unspecified atom stereocenters. The van der Waals surface area contributed by atoms with Gasteiger partial charge in [-0.2, -0.15) is 5.10 Å². The number of carbonyl (C=O) groups is 2. The summed E-state index contributed by atoms with van der Waals surface area (Å²) in [5.41, 5.74) is 2.96. The van der Waals surface area contributed by atoms with Crippen LogP contribution in [0.25, 0.3) is 10.9 Å². The predicted molar refractivity (Wildman–Crippen MR) is 93.4 cm³/mol. The maximum Gasteiger partial charge on any atom is 0.339 e. The van der Waals surface area contributed by atoms with Crippen LogP contribution in [0.1, 0.15) is 22.8 Å². The molecular weight excluding hydrogens is 318 g/mol. The van der Waals surface area contributed by atoms with Gasteiger partial charge in [-0.1, -0.05) is 18.2 Å². The van der Waals surface area contributed by atoms with Gasteiger partial charge in [0, 0.05) is 24.0 Å². The second-order valence-electron chi connectivity index (χ2n) is 5.98. The Morgan fingerprint density at radius 3 is 3.00 bits per heavy atom. The van der Waals surface area contributed by atoms with E-state index in [4.69, 9.17) is 4.74 Å². The first-order valence-corrected chi connectivity index (χ1v) is 8.21. The maximum atomic E-state index is 12.5. The Morgan fingerprint density at radius 1 is 1.32 bits per heavy atom. The van der Waals surface area contributed by atoms with Gasteiger partial charge in [0.05, 0.1) is 17.3 Å². The molecule has 2 heterocycles. The average Bonchev–Trinajstić information content (AvgIpc) is 3.04. The zero-order chi connectivity index (χ0) is 17.4. The van der Waals surface area contributed by atoms with Crippen molar-refractivity contribution < 1.29 is 14.3 Å². The summed E-state index contributed by atoms with van der Waals surface area (Å²) < 4.78 is 7.16. The van der Waals surface area contributed by atoms with Gasteiger partial charge >= 0.3 is 5.97 Å². The smallest absolute Gasteiger partial charge is 0.339 e. The van der Waals surface area contributed by atoms with Gasteiger partial charge < -0.3 is 10.1 Å². The average molecular weight is 335 g/mol. The first-order chi connectivity index (χ1) is 12.2. The van der Waals surface area contributed by atoms with Crippen LogP contribution < -0.4 is 5.32 Å². The highest BCUT2D eigenvalue weighted by Crippen LogP contribution is 2.23. The molecule has 1 amide bonds. The lowest BCUT2D eigenvalue weighted by molar-refractivity contribution is -0.125. The lowest BCUT2D eigenvalue weighted by Gasteiger charge is -2.23. The minimum absolute atomic E-state index is 0.329. The molecular formula is C19H17N3O3. The van der Waals surface area contributed by atoms with Crippen LogP contribution >= 0.6 is 0 Å². The summed E-state index contributed by atoms with van der Waals surface area (Å²) in [6.07, 6.45) is 1.35. The molecule has 0 bridgehead atoms. The molecule has 0 aliphatic carbocycles. The second-order valence-corrected chi connectivity index (χ2v) is 5.98. The monoisotopic (exact) mass is 335 g/mol. The highest BCUT2D eigenvalue weighted by molar-refractivity contribution is 6.00. The van der Waals surface area contributed by atoms with E-state index in [1.54, 1.807) is 18.3 Å². The molecule has 4 rings (SSSR count). The summed E-state index contributed by atoms with van der Waals surface area (Å²) in [4.78, 5) is 24.6. The molecule has 1 atom stereocenters. The SMILES string of the molecule is CCn1ncc2ccc(NC(=O)C3Cc4ccccc4C(=O)O3)cc21. The van der Waals surface area contributed by atoms with Crippen molar-refractivity contribution in [2.75, 3.05) is 5.32 Å². The molecule has 126 valence electrons. The van der Waals surface area contributed by atoms with E-state index >= 15 is 0 Å². The van der Waals surface area contributed by atoms with E-state index in [-0.39, 0.29) is 5.91 Å². The second kappa shape index (κ2) is 6.05. The molecule has 6 nitrogen and oxygen atoms in total. The number of aryl methyl sites for hydroxylation is 1. The molecule has 1 aliphatic heterocycles. The Labute approximate surface area is 144 Å². The van der Waals surface area contributed by atoms with Gasteiger partial charge in [-0.25, -0.2) is 4.79 Å². The molecule has 0 saturated carbocycles. The predicted octanol–water partition coefficient (Wildman–Crippen LogP) is 2.78. The number of cyclic esters (lactones) is 1. The third-order valence-corrected chi connectivity index (χ3v) is 4.40. The summed E-state index contributed by atoms with van der Waals surface area (Å²) >= 11 is 0. The van der Waals surface area contributed by atoms with E-state index < -0.39 is 12.1 Å². The first kappa shape index (κ1) is 15.4. The third-order valence-electron chi connectivity index (χ3n) is 4.40. The zero-order valence-corrected chi connectivity index (χ0v) is 13.7. The molecule has 0 fully saturated rings. The summed E-state index contributed by atoms with van der Waals surface area (Å²) in [5.74, 6) is -0.786. The number of rotatable bonds is 3. The number of aromatic nitrogens is 2. The molecule has 0 saturated heterocycles. The van der Waals surface area contributed by atoms with Crippen LogP contribution in [0.2, 0.25) is 0 Å². The van der Waals surface area contributed by atoms with Gasteiger partial charge in [0.15, 0.2) is 6.10 Å². The highest BCUT2D eigenvalue weighted by atomic mass is 16.5. The largest absolute Gasteiger partial charge is 0.448 e. The maximum absolute atomic E-state index is 12.5. The van der Waals surface area contributed by atoms with Crippen LogP contribution in [0.4, 0.5) is 5.69 Å². The summed E-state index contributed by atoms with van der Waals surface area (Å²) in [6.45, 7) is 2.76. The number of nitrogens with zero attached hydrogens (tertiary/aromatic N) is 2. The van der Waals surface area contributed by atoms with Crippen LogP contribution in [0.15, 0.2) is 48.7 Å². The van der Waals surface area contributed by atoms with Crippen molar-refractivity contribution in [1.82, 2.24) is 9.78 Å². The number of carbonyl (C=O) groups excluding carboxylic acids is 2. The normalized spacial score (nSPS) is 16.4. The van der Waals surface area contributed by atoms with Crippen LogP contribution in [0.5, 0.6) is 0 Å². The Bertz CT molecular complexity index is 977. The number of hydrogen-bond acceptors (Lipinski definition) is 4. The number of hydrogen-bond donors (Lipinski definition) is 1. The quantitative estimate of drug-likeness (QED) is 0.747. The van der Waals surface area contributed by atoms with Crippen molar-refractivity contribution in [3.63, 3.8) is 0 Å². The summed E-state index contributed by atoms with van der Waals surface area (Å²) in [7, 11) is 0. The topological polar surface area (TPSA) is 73.2 Å². The third kappa shape index (κ3) is 2.76. The number of esters is 1. The van der Waals surface area contributed by atoms with Gasteiger partial charge in [0.1, 0.15) is 0 Å². The summed E-state index contributed by atoms with van der Waals surface area (Å²) in [6, 6.07) is 12.8. The van der Waals surface area contributed by atoms with Crippen LogP contribution in [0.3, 0.4) is 0 Å². The molecule has 25 heavy (non-hydrogen) atoms. The fourth-order valence-corrected chi connectivity index (χ4v) is 3.10. The summed E-state index contributed by atoms with van der Waals surface area (Å²) in [5, 5.41) is 8.14. The number of fused-ring (bicyclic) bond motifs is 2.